The van der Waals surface area contributed by atoms with E-state index in [1.807, 2.05) is 0 Å². The monoisotopic (exact) mass is 437 g/mol. The standard InChI is InChI=1S/C2HF3O2.CNS.2Cs/c3-2(4,5)1(6)7;2-1-3;;/h(H,6,7);;;/q;-1;2*+1/p-1. The molecule has 0 aliphatic heterocycles. The maximum atomic E-state index is 10.5. The molecule has 0 aromatic carbocycles. The minimum atomic E-state index is -5.19. The molecule has 0 spiro atoms. The van der Waals surface area contributed by atoms with Crippen molar-refractivity contribution in [3.05, 3.63) is 5.41 Å². The van der Waals surface area contributed by atoms with E-state index < -0.39 is 12.1 Å². The van der Waals surface area contributed by atoms with Crippen LogP contribution in [0.1, 0.15) is 0 Å². The fraction of sp³-hybridized carbons (Fsp3) is 0.333. The summed E-state index contributed by atoms with van der Waals surface area (Å²) in [4.78, 5) is 8.78. The molecule has 0 aromatic heterocycles. The molecule has 58 valence electrons. The molecule has 0 unspecified atom stereocenters. The van der Waals surface area contributed by atoms with E-state index in [0.29, 0.717) is 0 Å². The number of carbonyl (C=O) groups excluding carboxylic acids is 1. The number of hydrogen-bond acceptors (Lipinski definition) is 3. The first-order valence-corrected chi connectivity index (χ1v) is 2.06. The summed E-state index contributed by atoms with van der Waals surface area (Å²) in [5, 5.41) is 17.3. The van der Waals surface area contributed by atoms with Crippen LogP contribution in [0.4, 0.5) is 13.2 Å². The van der Waals surface area contributed by atoms with Crippen molar-refractivity contribution in [3.63, 3.8) is 0 Å². The van der Waals surface area contributed by atoms with Crippen molar-refractivity contribution in [2.75, 3.05) is 0 Å². The average molecular weight is 437 g/mol. The molecule has 0 bridgehead atoms. The summed E-state index contributed by atoms with van der Waals surface area (Å²) in [7, 11) is 0. The second kappa shape index (κ2) is 14.2. The van der Waals surface area contributed by atoms with Crippen LogP contribution in [0.15, 0.2) is 0 Å². The van der Waals surface area contributed by atoms with E-state index in [0.717, 1.165) is 0 Å². The largest absolute Gasteiger partial charge is 1.00 e. The number of alkyl halides is 3. The third kappa shape index (κ3) is 23.2. The summed E-state index contributed by atoms with van der Waals surface area (Å²) in [6, 6.07) is 0. The third-order valence-electron chi connectivity index (χ3n) is 0.231. The van der Waals surface area contributed by atoms with E-state index in [4.69, 9.17) is 15.3 Å². The Morgan fingerprint density at radius 1 is 1.42 bits per heavy atom. The van der Waals surface area contributed by atoms with Gasteiger partial charge >= 0.3 is 144 Å². The number of rotatable bonds is 0. The zero-order valence-electron chi connectivity index (χ0n) is 6.31. The Balaban J connectivity index is -0.0000000569. The van der Waals surface area contributed by atoms with Crippen molar-refractivity contribution in [1.29, 1.82) is 0 Å². The predicted octanol–water partition coefficient (Wildman–Crippen LogP) is -6.03. The first-order valence-electron chi connectivity index (χ1n) is 1.65. The van der Waals surface area contributed by atoms with Gasteiger partial charge in [0.1, 0.15) is 5.97 Å². The van der Waals surface area contributed by atoms with Crippen LogP contribution in [0.25, 0.3) is 5.41 Å². The number of isothiocyanates is 1. The van der Waals surface area contributed by atoms with Crippen LogP contribution < -0.4 is 143 Å². The predicted molar refractivity (Wildman–Crippen MR) is 27.0 cm³/mol. The van der Waals surface area contributed by atoms with Gasteiger partial charge in [0.05, 0.1) is 0 Å². The van der Waals surface area contributed by atoms with Crippen molar-refractivity contribution in [1.82, 2.24) is 0 Å². The van der Waals surface area contributed by atoms with Gasteiger partial charge in [-0.05, 0) is 0 Å². The minimum absolute atomic E-state index is 0. The molecule has 0 rings (SSSR count). The number of halogens is 3. The summed E-state index contributed by atoms with van der Waals surface area (Å²) in [6.07, 6.45) is -5.19. The quantitative estimate of drug-likeness (QED) is 0.280. The molecule has 0 aromatic rings. The summed E-state index contributed by atoms with van der Waals surface area (Å²) in [5.41, 5.74) is 0. The molecule has 0 saturated carbocycles. The Kier molecular flexibility index (Phi) is 28.8. The Morgan fingerprint density at radius 2 is 1.50 bits per heavy atom. The van der Waals surface area contributed by atoms with Gasteiger partial charge in [-0.3, -0.25) is 0 Å². The summed E-state index contributed by atoms with van der Waals surface area (Å²) in [5.74, 6) is -3.01. The first-order chi connectivity index (χ1) is 4.36. The first kappa shape index (κ1) is 24.4. The zero-order valence-corrected chi connectivity index (χ0v) is 19.7. The van der Waals surface area contributed by atoms with Crippen LogP contribution in [0, 0.1) is 0 Å². The molecular weight excluding hydrogens is 437 g/mol. The van der Waals surface area contributed by atoms with E-state index in [-0.39, 0.29) is 138 Å². The molecule has 0 saturated heterocycles. The van der Waals surface area contributed by atoms with Gasteiger partial charge in [0.25, 0.3) is 0 Å². The number of hydrogen-bond donors (Lipinski definition) is 0. The van der Waals surface area contributed by atoms with Gasteiger partial charge in [-0.2, -0.15) is 18.3 Å². The topological polar surface area (TPSA) is 62.4 Å². The smallest absolute Gasteiger partial charge is 0.753 e. The minimum Gasteiger partial charge on any atom is -0.753 e. The summed E-state index contributed by atoms with van der Waals surface area (Å²) in [6.45, 7) is 0. The average Bonchev–Trinajstić information content (AvgIpc) is 1.64. The molecular formula is C3Cs2F3NO2S. The van der Waals surface area contributed by atoms with E-state index in [1.165, 1.54) is 5.16 Å². The van der Waals surface area contributed by atoms with Crippen molar-refractivity contribution >= 4 is 23.3 Å². The number of aliphatic carboxylic acids is 1. The van der Waals surface area contributed by atoms with Gasteiger partial charge < -0.3 is 15.3 Å². The fourth-order valence-electron chi connectivity index (χ4n) is 0. The van der Waals surface area contributed by atoms with Crippen molar-refractivity contribution in [3.8, 4) is 0 Å². The molecule has 0 aliphatic carbocycles. The van der Waals surface area contributed by atoms with E-state index in [9.17, 15) is 13.2 Å². The van der Waals surface area contributed by atoms with Gasteiger partial charge in [-0.1, -0.05) is 12.2 Å². The van der Waals surface area contributed by atoms with Crippen LogP contribution >= 0.6 is 12.2 Å². The molecule has 9 heteroatoms. The third-order valence-corrected chi connectivity index (χ3v) is 0.231. The van der Waals surface area contributed by atoms with Gasteiger partial charge in [0, 0.05) is 0 Å². The van der Waals surface area contributed by atoms with Gasteiger partial charge in [0.2, 0.25) is 0 Å². The molecule has 0 amide bonds. The number of carbonyl (C=O) groups is 1. The molecule has 0 radical (unpaired) electrons. The summed E-state index contributed by atoms with van der Waals surface area (Å²) < 4.78 is 31.5. The van der Waals surface area contributed by atoms with Crippen LogP contribution in [0.3, 0.4) is 0 Å². The Bertz CT molecular complexity index is 156. The second-order valence-electron chi connectivity index (χ2n) is 0.877. The van der Waals surface area contributed by atoms with E-state index >= 15 is 0 Å². The molecule has 12 heavy (non-hydrogen) atoms. The van der Waals surface area contributed by atoms with Gasteiger partial charge in [-0.25, -0.2) is 0 Å². The molecule has 0 N–H and O–H groups in total. The zero-order chi connectivity index (χ0) is 8.78. The van der Waals surface area contributed by atoms with Gasteiger partial charge in [0.15, 0.2) is 0 Å². The van der Waals surface area contributed by atoms with Crippen molar-refractivity contribution < 1.29 is 161 Å². The fourth-order valence-corrected chi connectivity index (χ4v) is 0. The molecule has 0 atom stereocenters. The molecule has 0 heterocycles. The molecule has 0 aliphatic rings. The van der Waals surface area contributed by atoms with E-state index in [1.54, 1.807) is 0 Å². The number of carboxylic acid groups (broad SMARTS) is 1. The maximum Gasteiger partial charge on any atom is 1.00 e. The number of carboxylic acids is 1. The van der Waals surface area contributed by atoms with Gasteiger partial charge in [-0.15, -0.1) is 0 Å². The maximum absolute atomic E-state index is 10.5. The molecule has 0 fully saturated rings. The Morgan fingerprint density at radius 3 is 1.50 bits per heavy atom. The number of thiocarbonyl (C=S) groups is 1. The van der Waals surface area contributed by atoms with Crippen LogP contribution in [-0.4, -0.2) is 17.3 Å². The SMILES string of the molecule is O=C([O-])C(F)(F)F.[Cs+].[Cs+].[N-]=C=S. The van der Waals surface area contributed by atoms with E-state index in [2.05, 4.69) is 12.2 Å². The van der Waals surface area contributed by atoms with Crippen LogP contribution in [-0.2, 0) is 4.79 Å². The summed E-state index contributed by atoms with van der Waals surface area (Å²) >= 11 is 3.70. The van der Waals surface area contributed by atoms with Crippen molar-refractivity contribution in [2.45, 2.75) is 6.18 Å². The second-order valence-corrected chi connectivity index (χ2v) is 1.06. The van der Waals surface area contributed by atoms with Crippen LogP contribution in [0.5, 0.6) is 0 Å². The number of nitrogens with zero attached hydrogens (tertiary/aromatic N) is 1. The van der Waals surface area contributed by atoms with Crippen molar-refractivity contribution in [2.24, 2.45) is 0 Å². The molecule has 3 nitrogen and oxygen atoms in total. The van der Waals surface area contributed by atoms with Crippen LogP contribution in [0.2, 0.25) is 0 Å². The Labute approximate surface area is 190 Å². The Hall–Kier alpha value is 3.16. The normalized spacial score (nSPS) is 7.25.